The summed E-state index contributed by atoms with van der Waals surface area (Å²) < 4.78 is 16.0. The lowest BCUT2D eigenvalue weighted by molar-refractivity contribution is -0.151. The average molecular weight is 394 g/mol. The third-order valence-electron chi connectivity index (χ3n) is 5.16. The molecule has 1 fully saturated rings. The first kappa shape index (κ1) is 19.5. The molecule has 1 unspecified atom stereocenters. The van der Waals surface area contributed by atoms with Crippen LogP contribution in [0.5, 0.6) is 11.5 Å². The summed E-state index contributed by atoms with van der Waals surface area (Å²) in [4.78, 5) is 26.4. The Balaban J connectivity index is 1.72. The molecule has 1 saturated carbocycles. The molecule has 0 spiro atoms. The number of carbonyl (C=O) groups excluding carboxylic acids is 2. The van der Waals surface area contributed by atoms with Gasteiger partial charge in [-0.15, -0.1) is 0 Å². The molecule has 2 aliphatic rings. The summed E-state index contributed by atoms with van der Waals surface area (Å²) in [6, 6.07) is 4.59. The van der Waals surface area contributed by atoms with Gasteiger partial charge in [0.05, 0.1) is 20.8 Å². The van der Waals surface area contributed by atoms with E-state index in [9.17, 15) is 9.59 Å². The molecule has 0 saturated heterocycles. The van der Waals surface area contributed by atoms with Gasteiger partial charge in [-0.25, -0.2) is 4.79 Å². The maximum Gasteiger partial charge on any atom is 0.328 e. The molecule has 27 heavy (non-hydrogen) atoms. The largest absolute Gasteiger partial charge is 0.495 e. The predicted molar refractivity (Wildman–Crippen MR) is 101 cm³/mol. The Morgan fingerprint density at radius 2 is 1.96 bits per heavy atom. The molecule has 0 radical (unpaired) electrons. The molecule has 1 atom stereocenters. The van der Waals surface area contributed by atoms with Gasteiger partial charge in [0.1, 0.15) is 28.3 Å². The summed E-state index contributed by atoms with van der Waals surface area (Å²) in [5.41, 5.74) is 0. The predicted octanol–water partition coefficient (Wildman–Crippen LogP) is 3.58. The van der Waals surface area contributed by atoms with Crippen molar-refractivity contribution < 1.29 is 23.8 Å². The standard InChI is InChI=1S/C20H24ClNO5/c1-25-16-8-5-9-17(19(16)21)27-14-11-18(23)22(12-14)15(20(24)26-2)10-13-6-3-4-7-13/h5,8-9,11,13,15H,3-4,6-7,10,12H2,1-2H3. The molecule has 1 aromatic carbocycles. The number of halogens is 1. The van der Waals surface area contributed by atoms with Gasteiger partial charge < -0.3 is 19.1 Å². The monoisotopic (exact) mass is 393 g/mol. The van der Waals surface area contributed by atoms with Crippen LogP contribution in [0.15, 0.2) is 30.0 Å². The van der Waals surface area contributed by atoms with E-state index < -0.39 is 6.04 Å². The van der Waals surface area contributed by atoms with Crippen molar-refractivity contribution >= 4 is 23.5 Å². The van der Waals surface area contributed by atoms with Crippen molar-refractivity contribution in [3.05, 3.63) is 35.1 Å². The van der Waals surface area contributed by atoms with E-state index in [1.165, 1.54) is 38.0 Å². The first-order valence-electron chi connectivity index (χ1n) is 9.12. The highest BCUT2D eigenvalue weighted by Gasteiger charge is 2.37. The maximum atomic E-state index is 12.5. The fourth-order valence-corrected chi connectivity index (χ4v) is 4.00. The minimum absolute atomic E-state index is 0.207. The fraction of sp³-hybridized carbons (Fsp3) is 0.500. The topological polar surface area (TPSA) is 65.1 Å². The Morgan fingerprint density at radius 1 is 1.26 bits per heavy atom. The van der Waals surface area contributed by atoms with Gasteiger partial charge in [0, 0.05) is 6.08 Å². The molecule has 0 aromatic heterocycles. The van der Waals surface area contributed by atoms with Gasteiger partial charge in [-0.3, -0.25) is 4.79 Å². The quantitative estimate of drug-likeness (QED) is 0.662. The molecule has 0 bridgehead atoms. The summed E-state index contributed by atoms with van der Waals surface area (Å²) in [7, 11) is 2.88. The minimum atomic E-state index is -0.594. The second kappa shape index (κ2) is 8.65. The Labute approximate surface area is 164 Å². The van der Waals surface area contributed by atoms with Crippen molar-refractivity contribution in [2.24, 2.45) is 5.92 Å². The smallest absolute Gasteiger partial charge is 0.328 e. The van der Waals surface area contributed by atoms with Gasteiger partial charge in [-0.05, 0) is 24.5 Å². The molecular formula is C20H24ClNO5. The van der Waals surface area contributed by atoms with Gasteiger partial charge in [-0.2, -0.15) is 0 Å². The van der Waals surface area contributed by atoms with Crippen LogP contribution in [0.2, 0.25) is 5.02 Å². The number of methoxy groups -OCH3 is 2. The fourth-order valence-electron chi connectivity index (χ4n) is 3.75. The normalized spacial score (nSPS) is 18.4. The van der Waals surface area contributed by atoms with E-state index in [2.05, 4.69) is 0 Å². The number of rotatable bonds is 7. The highest BCUT2D eigenvalue weighted by atomic mass is 35.5. The van der Waals surface area contributed by atoms with E-state index in [4.69, 9.17) is 25.8 Å². The number of benzene rings is 1. The van der Waals surface area contributed by atoms with Gasteiger partial charge in [-0.1, -0.05) is 43.4 Å². The van der Waals surface area contributed by atoms with Crippen molar-refractivity contribution in [3.63, 3.8) is 0 Å². The number of esters is 1. The number of hydrogen-bond acceptors (Lipinski definition) is 5. The zero-order valence-corrected chi connectivity index (χ0v) is 16.3. The molecule has 1 heterocycles. The van der Waals surface area contributed by atoms with Crippen molar-refractivity contribution in [2.75, 3.05) is 20.8 Å². The first-order valence-corrected chi connectivity index (χ1v) is 9.50. The van der Waals surface area contributed by atoms with Gasteiger partial charge in [0.25, 0.3) is 5.91 Å². The lowest BCUT2D eigenvalue weighted by Crippen LogP contribution is -2.44. The molecule has 6 nitrogen and oxygen atoms in total. The van der Waals surface area contributed by atoms with Crippen LogP contribution < -0.4 is 9.47 Å². The summed E-state index contributed by atoms with van der Waals surface area (Å²) in [6.45, 7) is 0.207. The number of ether oxygens (including phenoxy) is 3. The van der Waals surface area contributed by atoms with Crippen molar-refractivity contribution in [1.29, 1.82) is 0 Å². The van der Waals surface area contributed by atoms with E-state index in [1.54, 1.807) is 18.2 Å². The number of amides is 1. The molecule has 1 aliphatic heterocycles. The third kappa shape index (κ3) is 4.38. The molecule has 1 aliphatic carbocycles. The zero-order valence-electron chi connectivity index (χ0n) is 15.6. The van der Waals surface area contributed by atoms with Crippen LogP contribution in [-0.4, -0.2) is 43.6 Å². The highest BCUT2D eigenvalue weighted by Crippen LogP contribution is 2.36. The molecular weight excluding hydrogens is 370 g/mol. The molecule has 1 amide bonds. The van der Waals surface area contributed by atoms with E-state index in [-0.39, 0.29) is 18.4 Å². The SMILES string of the molecule is COC(=O)C(CC1CCCC1)N1CC(Oc2cccc(OC)c2Cl)=CC1=O. The highest BCUT2D eigenvalue weighted by molar-refractivity contribution is 6.33. The summed E-state index contributed by atoms with van der Waals surface area (Å²) in [5.74, 6) is 1.14. The Bertz CT molecular complexity index is 742. The summed E-state index contributed by atoms with van der Waals surface area (Å²) in [5, 5.41) is 0.335. The summed E-state index contributed by atoms with van der Waals surface area (Å²) in [6.07, 6.45) is 6.55. The minimum Gasteiger partial charge on any atom is -0.495 e. The molecule has 146 valence electrons. The van der Waals surface area contributed by atoms with E-state index in [0.717, 1.165) is 12.8 Å². The molecule has 0 N–H and O–H groups in total. The van der Waals surface area contributed by atoms with Crippen LogP contribution in [0.3, 0.4) is 0 Å². The Hall–Kier alpha value is -2.21. The second-order valence-electron chi connectivity index (χ2n) is 6.88. The van der Waals surface area contributed by atoms with Crippen molar-refractivity contribution in [3.8, 4) is 11.5 Å². The lowest BCUT2D eigenvalue weighted by atomic mass is 9.97. The third-order valence-corrected chi connectivity index (χ3v) is 5.54. The van der Waals surface area contributed by atoms with Crippen LogP contribution >= 0.6 is 11.6 Å². The molecule has 3 rings (SSSR count). The van der Waals surface area contributed by atoms with Crippen LogP contribution in [0.4, 0.5) is 0 Å². The Morgan fingerprint density at radius 3 is 2.63 bits per heavy atom. The molecule has 7 heteroatoms. The number of carbonyl (C=O) groups is 2. The van der Waals surface area contributed by atoms with Gasteiger partial charge in [0.15, 0.2) is 0 Å². The number of nitrogens with zero attached hydrogens (tertiary/aromatic N) is 1. The summed E-state index contributed by atoms with van der Waals surface area (Å²) >= 11 is 6.26. The van der Waals surface area contributed by atoms with Crippen LogP contribution in [0, 0.1) is 5.92 Å². The second-order valence-corrected chi connectivity index (χ2v) is 7.25. The van der Waals surface area contributed by atoms with E-state index in [1.807, 2.05) is 0 Å². The lowest BCUT2D eigenvalue weighted by Gasteiger charge is -2.28. The van der Waals surface area contributed by atoms with Gasteiger partial charge in [0.2, 0.25) is 0 Å². The average Bonchev–Trinajstić information content (AvgIpc) is 3.30. The van der Waals surface area contributed by atoms with Crippen molar-refractivity contribution in [1.82, 2.24) is 4.90 Å². The van der Waals surface area contributed by atoms with E-state index in [0.29, 0.717) is 34.6 Å². The number of hydrogen-bond donors (Lipinski definition) is 0. The zero-order chi connectivity index (χ0) is 19.4. The first-order chi connectivity index (χ1) is 13.0. The van der Waals surface area contributed by atoms with Crippen LogP contribution in [-0.2, 0) is 14.3 Å². The van der Waals surface area contributed by atoms with Crippen molar-refractivity contribution in [2.45, 2.75) is 38.1 Å². The molecule has 1 aromatic rings. The van der Waals surface area contributed by atoms with Gasteiger partial charge >= 0.3 is 5.97 Å². The van der Waals surface area contributed by atoms with Crippen LogP contribution in [0.25, 0.3) is 0 Å². The van der Waals surface area contributed by atoms with Crippen LogP contribution in [0.1, 0.15) is 32.1 Å². The maximum absolute atomic E-state index is 12.5. The van der Waals surface area contributed by atoms with E-state index >= 15 is 0 Å². The Kier molecular flexibility index (Phi) is 6.26.